The molecule has 4 heteroatoms. The van der Waals surface area contributed by atoms with Crippen molar-refractivity contribution in [3.05, 3.63) is 0 Å². The fraction of sp³-hybridized carbons (Fsp3) is 0.938. The Hall–Kier alpha value is -0.240. The van der Waals surface area contributed by atoms with Gasteiger partial charge in [-0.3, -0.25) is 0 Å². The number of hydrogen-bond acceptors (Lipinski definition) is 4. The molecule has 0 aromatic carbocycles. The molecule has 112 valence electrons. The van der Waals surface area contributed by atoms with Crippen molar-refractivity contribution in [2.45, 2.75) is 67.8 Å². The predicted molar refractivity (Wildman–Crippen MR) is 82.8 cm³/mol. The molecule has 1 saturated carbocycles. The van der Waals surface area contributed by atoms with Gasteiger partial charge in [-0.1, -0.05) is 12.8 Å². The number of hydrogen-bond donors (Lipinski definition) is 0. The van der Waals surface area contributed by atoms with Crippen LogP contribution in [0.15, 0.2) is 0 Å². The molecular formula is C16H26N2OS. The summed E-state index contributed by atoms with van der Waals surface area (Å²) >= 11 is 1.75. The maximum absolute atomic E-state index is 9.40. The summed E-state index contributed by atoms with van der Waals surface area (Å²) in [5.41, 5.74) is 0.214. The molecule has 2 heterocycles. The maximum Gasteiger partial charge on any atom is 0.104 e. The molecule has 0 radical (unpaired) electrons. The Bertz CT molecular complexity index is 378. The summed E-state index contributed by atoms with van der Waals surface area (Å²) in [7, 11) is 0. The number of thioether (sulfide) groups is 1. The van der Waals surface area contributed by atoms with Crippen LogP contribution in [0.25, 0.3) is 0 Å². The van der Waals surface area contributed by atoms with Crippen LogP contribution in [0.5, 0.6) is 0 Å². The van der Waals surface area contributed by atoms with Gasteiger partial charge in [0.25, 0.3) is 0 Å². The van der Waals surface area contributed by atoms with Gasteiger partial charge in [-0.05, 0) is 44.8 Å². The maximum atomic E-state index is 9.40. The largest absolute Gasteiger partial charge is 0.375 e. The Morgan fingerprint density at radius 1 is 1.20 bits per heavy atom. The van der Waals surface area contributed by atoms with Crippen LogP contribution in [-0.2, 0) is 4.74 Å². The summed E-state index contributed by atoms with van der Waals surface area (Å²) in [6.45, 7) is 3.12. The van der Waals surface area contributed by atoms with E-state index in [1.54, 1.807) is 11.8 Å². The molecule has 1 unspecified atom stereocenters. The molecule has 0 amide bonds. The monoisotopic (exact) mass is 294 g/mol. The summed E-state index contributed by atoms with van der Waals surface area (Å²) in [6, 6.07) is 3.25. The zero-order valence-corrected chi connectivity index (χ0v) is 13.4. The van der Waals surface area contributed by atoms with Crippen LogP contribution in [0, 0.1) is 11.3 Å². The summed E-state index contributed by atoms with van der Waals surface area (Å²) in [4.78, 5) is 2.65. The predicted octanol–water partition coefficient (Wildman–Crippen LogP) is 3.20. The molecule has 0 bridgehead atoms. The average molecular weight is 294 g/mol. The summed E-state index contributed by atoms with van der Waals surface area (Å²) in [6.07, 6.45) is 11.8. The van der Waals surface area contributed by atoms with Gasteiger partial charge in [0.05, 0.1) is 11.7 Å². The van der Waals surface area contributed by atoms with E-state index in [-0.39, 0.29) is 10.3 Å². The minimum absolute atomic E-state index is 0.118. The van der Waals surface area contributed by atoms with E-state index in [4.69, 9.17) is 4.74 Å². The number of nitrogens with zero attached hydrogens (tertiary/aromatic N) is 2. The molecule has 1 atom stereocenters. The molecule has 0 N–H and O–H groups in total. The number of likely N-dealkylation sites (tertiary alicyclic amines) is 1. The van der Waals surface area contributed by atoms with Gasteiger partial charge in [0.2, 0.25) is 0 Å². The molecule has 3 nitrogen and oxygen atoms in total. The molecule has 2 saturated heterocycles. The van der Waals surface area contributed by atoms with Crippen molar-refractivity contribution >= 4 is 11.8 Å². The van der Waals surface area contributed by atoms with Crippen LogP contribution in [-0.4, -0.2) is 47.2 Å². The zero-order valence-electron chi connectivity index (χ0n) is 12.6. The summed E-state index contributed by atoms with van der Waals surface area (Å²) in [5, 5.41) is 9.40. The van der Waals surface area contributed by atoms with Crippen molar-refractivity contribution in [3.8, 4) is 6.07 Å². The molecule has 3 fully saturated rings. The van der Waals surface area contributed by atoms with Crippen molar-refractivity contribution in [1.29, 1.82) is 5.26 Å². The minimum atomic E-state index is -0.118. The zero-order chi connectivity index (χ0) is 14.1. The lowest BCUT2D eigenvalue weighted by Crippen LogP contribution is -2.52. The summed E-state index contributed by atoms with van der Waals surface area (Å²) in [5.74, 6) is 0. The van der Waals surface area contributed by atoms with Crippen LogP contribution in [0.3, 0.4) is 0 Å². The molecule has 2 aliphatic heterocycles. The van der Waals surface area contributed by atoms with Gasteiger partial charge in [0.1, 0.15) is 4.75 Å². The molecule has 0 aromatic rings. The highest BCUT2D eigenvalue weighted by molar-refractivity contribution is 8.00. The Morgan fingerprint density at radius 2 is 1.90 bits per heavy atom. The van der Waals surface area contributed by atoms with E-state index in [1.165, 1.54) is 38.5 Å². The lowest BCUT2D eigenvalue weighted by molar-refractivity contribution is -0.104. The first-order valence-corrected chi connectivity index (χ1v) is 9.28. The van der Waals surface area contributed by atoms with E-state index >= 15 is 0 Å². The van der Waals surface area contributed by atoms with Gasteiger partial charge in [-0.2, -0.15) is 5.26 Å². The minimum Gasteiger partial charge on any atom is -0.375 e. The molecule has 1 aliphatic carbocycles. The van der Waals surface area contributed by atoms with E-state index in [1.807, 2.05) is 0 Å². The molecule has 3 aliphatic rings. The second-order valence-corrected chi connectivity index (χ2v) is 7.92. The number of rotatable bonds is 2. The standard InChI is InChI=1S/C16H26N2OS/c1-20-16(13-17)7-9-18(10-8-16)14-4-11-19-15(12-14)5-2-3-6-15/h14H,2-12H2,1H3. The van der Waals surface area contributed by atoms with Crippen LogP contribution in [0.2, 0.25) is 0 Å². The lowest BCUT2D eigenvalue weighted by Gasteiger charge is -2.46. The van der Waals surface area contributed by atoms with Crippen LogP contribution in [0.4, 0.5) is 0 Å². The third-order valence-corrected chi connectivity index (χ3v) is 6.98. The molecular weight excluding hydrogens is 268 g/mol. The topological polar surface area (TPSA) is 36.3 Å². The van der Waals surface area contributed by atoms with Gasteiger partial charge in [-0.25, -0.2) is 0 Å². The number of piperidine rings is 1. The second-order valence-electron chi connectivity index (χ2n) is 6.73. The number of nitriles is 1. The second kappa shape index (κ2) is 5.87. The van der Waals surface area contributed by atoms with E-state index < -0.39 is 0 Å². The van der Waals surface area contributed by atoms with Crippen molar-refractivity contribution in [3.63, 3.8) is 0 Å². The first kappa shape index (κ1) is 14.7. The van der Waals surface area contributed by atoms with Gasteiger partial charge in [0, 0.05) is 25.7 Å². The van der Waals surface area contributed by atoms with E-state index in [0.29, 0.717) is 6.04 Å². The average Bonchev–Trinajstić information content (AvgIpc) is 2.95. The quantitative estimate of drug-likeness (QED) is 0.783. The normalized spacial score (nSPS) is 33.1. The van der Waals surface area contributed by atoms with Crippen LogP contribution >= 0.6 is 11.8 Å². The molecule has 0 aromatic heterocycles. The molecule has 3 rings (SSSR count). The Kier molecular flexibility index (Phi) is 4.31. The van der Waals surface area contributed by atoms with Gasteiger partial charge in [0.15, 0.2) is 0 Å². The van der Waals surface area contributed by atoms with Crippen molar-refractivity contribution in [2.75, 3.05) is 26.0 Å². The Labute approximate surface area is 127 Å². The highest BCUT2D eigenvalue weighted by atomic mass is 32.2. The summed E-state index contributed by atoms with van der Waals surface area (Å²) < 4.78 is 6.03. The van der Waals surface area contributed by atoms with Crippen LogP contribution in [0.1, 0.15) is 51.4 Å². The van der Waals surface area contributed by atoms with E-state index in [2.05, 4.69) is 17.2 Å². The SMILES string of the molecule is CSC1(C#N)CCN(C2CCOC3(CCCC3)C2)CC1. The highest BCUT2D eigenvalue weighted by Gasteiger charge is 2.43. The third kappa shape index (κ3) is 2.73. The first-order chi connectivity index (χ1) is 9.71. The smallest absolute Gasteiger partial charge is 0.104 e. The van der Waals surface area contributed by atoms with E-state index in [0.717, 1.165) is 32.5 Å². The Balaban J connectivity index is 1.59. The highest BCUT2D eigenvalue weighted by Crippen LogP contribution is 2.42. The number of ether oxygens (including phenoxy) is 1. The lowest BCUT2D eigenvalue weighted by atomic mass is 9.86. The molecule has 1 spiro atoms. The van der Waals surface area contributed by atoms with Gasteiger partial charge >= 0.3 is 0 Å². The van der Waals surface area contributed by atoms with Crippen molar-refractivity contribution < 1.29 is 4.74 Å². The first-order valence-electron chi connectivity index (χ1n) is 8.05. The van der Waals surface area contributed by atoms with Crippen molar-refractivity contribution in [2.24, 2.45) is 0 Å². The van der Waals surface area contributed by atoms with Gasteiger partial charge in [-0.15, -0.1) is 11.8 Å². The van der Waals surface area contributed by atoms with E-state index in [9.17, 15) is 5.26 Å². The molecule has 20 heavy (non-hydrogen) atoms. The fourth-order valence-corrected chi connectivity index (χ4v) is 4.98. The fourth-order valence-electron chi connectivity index (χ4n) is 4.29. The Morgan fingerprint density at radius 3 is 2.50 bits per heavy atom. The van der Waals surface area contributed by atoms with Gasteiger partial charge < -0.3 is 9.64 Å². The van der Waals surface area contributed by atoms with Crippen molar-refractivity contribution in [1.82, 2.24) is 4.90 Å². The third-order valence-electron chi connectivity index (χ3n) is 5.70. The van der Waals surface area contributed by atoms with Crippen LogP contribution < -0.4 is 0 Å².